The van der Waals surface area contributed by atoms with Crippen LogP contribution in [0.2, 0.25) is 0 Å². The molecule has 0 aliphatic heterocycles. The Hall–Kier alpha value is -1.35. The van der Waals surface area contributed by atoms with Crippen LogP contribution in [0.4, 0.5) is 0 Å². The number of rotatable bonds is 7. The van der Waals surface area contributed by atoms with Gasteiger partial charge in [0.15, 0.2) is 0 Å². The molecule has 18 heavy (non-hydrogen) atoms. The van der Waals surface area contributed by atoms with Crippen LogP contribution in [0.1, 0.15) is 39.2 Å². The Labute approximate surface area is 109 Å². The lowest BCUT2D eigenvalue weighted by Gasteiger charge is -2.13. The molecule has 0 heterocycles. The molecule has 1 N–H and O–H groups in total. The SMILES string of the molecule is CC(C)CC(C)CC(=O)NOCc1ccccc1. The standard InChI is InChI=1S/C15H23NO2/c1-12(2)9-13(3)10-15(17)16-18-11-14-7-5-4-6-8-14/h4-8,12-13H,9-11H2,1-3H3,(H,16,17). The fourth-order valence-corrected chi connectivity index (χ4v) is 2.02. The predicted octanol–water partition coefficient (Wildman–Crippen LogP) is 3.31. The van der Waals surface area contributed by atoms with Gasteiger partial charge in [-0.05, 0) is 23.8 Å². The molecule has 0 aromatic heterocycles. The highest BCUT2D eigenvalue weighted by molar-refractivity contribution is 5.74. The molecule has 0 fully saturated rings. The van der Waals surface area contributed by atoms with Gasteiger partial charge in [0.25, 0.3) is 0 Å². The van der Waals surface area contributed by atoms with Gasteiger partial charge in [-0.25, -0.2) is 5.48 Å². The Morgan fingerprint density at radius 3 is 2.50 bits per heavy atom. The second kappa shape index (κ2) is 7.88. The first-order valence-electron chi connectivity index (χ1n) is 6.52. The minimum atomic E-state index is -0.0425. The van der Waals surface area contributed by atoms with Crippen LogP contribution in [0.15, 0.2) is 30.3 Å². The molecule has 100 valence electrons. The normalized spacial score (nSPS) is 12.4. The molecule has 1 atom stereocenters. The van der Waals surface area contributed by atoms with Crippen molar-refractivity contribution in [3.63, 3.8) is 0 Å². The van der Waals surface area contributed by atoms with Crippen molar-refractivity contribution in [3.8, 4) is 0 Å². The maximum Gasteiger partial charge on any atom is 0.243 e. The van der Waals surface area contributed by atoms with Crippen molar-refractivity contribution in [2.75, 3.05) is 0 Å². The predicted molar refractivity (Wildman–Crippen MR) is 72.6 cm³/mol. The van der Waals surface area contributed by atoms with Crippen molar-refractivity contribution in [2.24, 2.45) is 11.8 Å². The van der Waals surface area contributed by atoms with Gasteiger partial charge in [-0.15, -0.1) is 0 Å². The van der Waals surface area contributed by atoms with E-state index in [1.165, 1.54) is 0 Å². The van der Waals surface area contributed by atoms with Gasteiger partial charge in [0.1, 0.15) is 0 Å². The third kappa shape index (κ3) is 6.40. The van der Waals surface area contributed by atoms with Gasteiger partial charge in [-0.2, -0.15) is 0 Å². The van der Waals surface area contributed by atoms with E-state index >= 15 is 0 Å². The highest BCUT2D eigenvalue weighted by Gasteiger charge is 2.10. The molecule has 1 aromatic carbocycles. The first-order chi connectivity index (χ1) is 8.58. The summed E-state index contributed by atoms with van der Waals surface area (Å²) in [6.07, 6.45) is 1.58. The average molecular weight is 249 g/mol. The monoisotopic (exact) mass is 249 g/mol. The molecule has 0 radical (unpaired) electrons. The van der Waals surface area contributed by atoms with Gasteiger partial charge in [0, 0.05) is 6.42 Å². The van der Waals surface area contributed by atoms with E-state index in [2.05, 4.69) is 26.3 Å². The van der Waals surface area contributed by atoms with Gasteiger partial charge in [0.2, 0.25) is 5.91 Å². The van der Waals surface area contributed by atoms with Gasteiger partial charge in [-0.3, -0.25) is 9.63 Å². The van der Waals surface area contributed by atoms with Crippen molar-refractivity contribution in [2.45, 2.75) is 40.2 Å². The van der Waals surface area contributed by atoms with Crippen LogP contribution in [-0.4, -0.2) is 5.91 Å². The summed E-state index contributed by atoms with van der Waals surface area (Å²) < 4.78 is 0. The van der Waals surface area contributed by atoms with Crippen molar-refractivity contribution >= 4 is 5.91 Å². The van der Waals surface area contributed by atoms with E-state index in [9.17, 15) is 4.79 Å². The van der Waals surface area contributed by atoms with Crippen LogP contribution in [-0.2, 0) is 16.2 Å². The van der Waals surface area contributed by atoms with Crippen molar-refractivity contribution in [1.82, 2.24) is 5.48 Å². The molecule has 1 aromatic rings. The molecule has 3 nitrogen and oxygen atoms in total. The van der Waals surface area contributed by atoms with E-state index in [0.717, 1.165) is 12.0 Å². The van der Waals surface area contributed by atoms with E-state index < -0.39 is 0 Å². The zero-order chi connectivity index (χ0) is 13.4. The Balaban J connectivity index is 2.17. The topological polar surface area (TPSA) is 38.3 Å². The summed E-state index contributed by atoms with van der Waals surface area (Å²) in [7, 11) is 0. The number of carbonyl (C=O) groups excluding carboxylic acids is 1. The zero-order valence-corrected chi connectivity index (χ0v) is 11.5. The number of carbonyl (C=O) groups is 1. The molecule has 0 aliphatic rings. The number of hydrogen-bond donors (Lipinski definition) is 1. The molecule has 1 amide bonds. The smallest absolute Gasteiger partial charge is 0.243 e. The van der Waals surface area contributed by atoms with Gasteiger partial charge in [-0.1, -0.05) is 51.1 Å². The maximum atomic E-state index is 11.6. The Kier molecular flexibility index (Phi) is 6.44. The fourth-order valence-electron chi connectivity index (χ4n) is 2.02. The van der Waals surface area contributed by atoms with E-state index in [-0.39, 0.29) is 5.91 Å². The molecule has 1 unspecified atom stereocenters. The number of amides is 1. The number of hydroxylamine groups is 1. The second-order valence-electron chi connectivity index (χ2n) is 5.24. The molecule has 0 saturated heterocycles. The highest BCUT2D eigenvalue weighted by Crippen LogP contribution is 2.14. The van der Waals surface area contributed by atoms with E-state index in [4.69, 9.17) is 4.84 Å². The zero-order valence-electron chi connectivity index (χ0n) is 11.5. The molecular weight excluding hydrogens is 226 g/mol. The highest BCUT2D eigenvalue weighted by atomic mass is 16.6. The number of hydrogen-bond acceptors (Lipinski definition) is 2. The first-order valence-corrected chi connectivity index (χ1v) is 6.52. The molecule has 3 heteroatoms. The largest absolute Gasteiger partial charge is 0.273 e. The molecule has 0 saturated carbocycles. The van der Waals surface area contributed by atoms with Crippen LogP contribution in [0.25, 0.3) is 0 Å². The molecule has 0 bridgehead atoms. The first kappa shape index (κ1) is 14.7. The van der Waals surface area contributed by atoms with Gasteiger partial charge < -0.3 is 0 Å². The lowest BCUT2D eigenvalue weighted by molar-refractivity contribution is -0.135. The summed E-state index contributed by atoms with van der Waals surface area (Å²) >= 11 is 0. The summed E-state index contributed by atoms with van der Waals surface area (Å²) in [5.74, 6) is 0.974. The third-order valence-corrected chi connectivity index (χ3v) is 2.68. The van der Waals surface area contributed by atoms with E-state index in [1.54, 1.807) is 0 Å². The summed E-state index contributed by atoms with van der Waals surface area (Å²) in [5.41, 5.74) is 3.55. The second-order valence-corrected chi connectivity index (χ2v) is 5.24. The summed E-state index contributed by atoms with van der Waals surface area (Å²) in [6.45, 7) is 6.84. The molecule has 1 rings (SSSR count). The van der Waals surface area contributed by atoms with E-state index in [0.29, 0.717) is 24.9 Å². The van der Waals surface area contributed by atoms with Crippen LogP contribution in [0, 0.1) is 11.8 Å². The average Bonchev–Trinajstić information content (AvgIpc) is 2.29. The van der Waals surface area contributed by atoms with Crippen LogP contribution >= 0.6 is 0 Å². The van der Waals surface area contributed by atoms with Crippen LogP contribution in [0.3, 0.4) is 0 Å². The number of nitrogens with one attached hydrogen (secondary N) is 1. The molecule has 0 aliphatic carbocycles. The number of benzene rings is 1. The third-order valence-electron chi connectivity index (χ3n) is 2.68. The Bertz CT molecular complexity index is 349. The van der Waals surface area contributed by atoms with Gasteiger partial charge in [0.05, 0.1) is 6.61 Å². The van der Waals surface area contributed by atoms with Crippen molar-refractivity contribution in [1.29, 1.82) is 0 Å². The Morgan fingerprint density at radius 2 is 1.89 bits per heavy atom. The van der Waals surface area contributed by atoms with Crippen molar-refractivity contribution < 1.29 is 9.63 Å². The van der Waals surface area contributed by atoms with Crippen LogP contribution in [0.5, 0.6) is 0 Å². The van der Waals surface area contributed by atoms with Crippen LogP contribution < -0.4 is 5.48 Å². The quantitative estimate of drug-likeness (QED) is 0.753. The minimum Gasteiger partial charge on any atom is -0.273 e. The fraction of sp³-hybridized carbons (Fsp3) is 0.533. The minimum absolute atomic E-state index is 0.0425. The molecular formula is C15H23NO2. The lowest BCUT2D eigenvalue weighted by Crippen LogP contribution is -2.25. The maximum absolute atomic E-state index is 11.6. The summed E-state index contributed by atoms with van der Waals surface area (Å²) in [6, 6.07) is 9.78. The van der Waals surface area contributed by atoms with Crippen molar-refractivity contribution in [3.05, 3.63) is 35.9 Å². The summed E-state index contributed by atoms with van der Waals surface area (Å²) in [5, 5.41) is 0. The van der Waals surface area contributed by atoms with Gasteiger partial charge >= 0.3 is 0 Å². The van der Waals surface area contributed by atoms with E-state index in [1.807, 2.05) is 30.3 Å². The summed E-state index contributed by atoms with van der Waals surface area (Å²) in [4.78, 5) is 16.8. The Morgan fingerprint density at radius 1 is 1.22 bits per heavy atom. The lowest BCUT2D eigenvalue weighted by atomic mass is 9.96. The molecule has 0 spiro atoms.